The van der Waals surface area contributed by atoms with Crippen molar-refractivity contribution in [3.63, 3.8) is 0 Å². The molecule has 0 saturated carbocycles. The molecule has 0 amide bonds. The molecule has 25 heavy (non-hydrogen) atoms. The van der Waals surface area contributed by atoms with Crippen molar-refractivity contribution in [2.75, 3.05) is 20.3 Å². The van der Waals surface area contributed by atoms with E-state index in [-0.39, 0.29) is 11.9 Å². The zero-order chi connectivity index (χ0) is 17.5. The van der Waals surface area contributed by atoms with Gasteiger partial charge in [0, 0.05) is 25.3 Å². The van der Waals surface area contributed by atoms with Gasteiger partial charge in [-0.2, -0.15) is 0 Å². The third-order valence-electron chi connectivity index (χ3n) is 4.27. The molecule has 0 aliphatic carbocycles. The second-order valence-electron chi connectivity index (χ2n) is 6.15. The van der Waals surface area contributed by atoms with Crippen molar-refractivity contribution >= 4 is 0 Å². The van der Waals surface area contributed by atoms with Gasteiger partial charge in [-0.15, -0.1) is 0 Å². The Hall–Kier alpha value is -2.11. The number of nitrogens with one attached hydrogen (secondary N) is 1. The van der Waals surface area contributed by atoms with Gasteiger partial charge in [0.05, 0.1) is 13.2 Å². The highest BCUT2D eigenvalue weighted by atomic mass is 19.1. The third kappa shape index (κ3) is 5.18. The van der Waals surface area contributed by atoms with Gasteiger partial charge in [0.25, 0.3) is 0 Å². The summed E-state index contributed by atoms with van der Waals surface area (Å²) >= 11 is 0. The van der Waals surface area contributed by atoms with E-state index in [4.69, 9.17) is 14.2 Å². The summed E-state index contributed by atoms with van der Waals surface area (Å²) in [5.74, 6) is 1.28. The number of hydrogen-bond donors (Lipinski definition) is 1. The zero-order valence-corrected chi connectivity index (χ0v) is 14.5. The zero-order valence-electron chi connectivity index (χ0n) is 14.5. The summed E-state index contributed by atoms with van der Waals surface area (Å²) in [6, 6.07) is 12.5. The first-order valence-corrected chi connectivity index (χ1v) is 8.61. The van der Waals surface area contributed by atoms with Crippen molar-refractivity contribution in [2.45, 2.75) is 32.0 Å². The topological polar surface area (TPSA) is 39.7 Å². The second-order valence-corrected chi connectivity index (χ2v) is 6.15. The average Bonchev–Trinajstić information content (AvgIpc) is 3.15. The second kappa shape index (κ2) is 8.83. The van der Waals surface area contributed by atoms with Crippen molar-refractivity contribution in [3.05, 3.63) is 59.4 Å². The summed E-state index contributed by atoms with van der Waals surface area (Å²) in [5, 5.41) is 3.31. The molecule has 1 atom stereocenters. The maximum Gasteiger partial charge on any atom is 0.123 e. The molecule has 1 aliphatic rings. The van der Waals surface area contributed by atoms with Gasteiger partial charge in [-0.25, -0.2) is 4.39 Å². The predicted molar refractivity (Wildman–Crippen MR) is 94.4 cm³/mol. The van der Waals surface area contributed by atoms with E-state index in [1.54, 1.807) is 13.2 Å². The van der Waals surface area contributed by atoms with Gasteiger partial charge < -0.3 is 19.5 Å². The summed E-state index contributed by atoms with van der Waals surface area (Å²) in [6.07, 6.45) is 2.42. The Bertz CT molecular complexity index is 669. The Morgan fingerprint density at radius 2 is 2.00 bits per heavy atom. The Kier molecular flexibility index (Phi) is 6.25. The number of methoxy groups -OCH3 is 1. The molecule has 1 aliphatic heterocycles. The minimum atomic E-state index is -0.259. The van der Waals surface area contributed by atoms with Crippen LogP contribution in [0.2, 0.25) is 0 Å². The third-order valence-corrected chi connectivity index (χ3v) is 4.27. The molecule has 1 heterocycles. The maximum atomic E-state index is 13.4. The summed E-state index contributed by atoms with van der Waals surface area (Å²) in [6.45, 7) is 2.68. The standard InChI is InChI=1S/C20H24FNO3/c1-23-20-9-6-17(21)11-16(20)13-22-12-15-4-7-18(8-5-15)25-14-19-3-2-10-24-19/h4-9,11,19,22H,2-3,10,12-14H2,1H3. The lowest BCUT2D eigenvalue weighted by Gasteiger charge is -2.12. The molecule has 5 heteroatoms. The number of halogens is 1. The molecule has 1 fully saturated rings. The van der Waals surface area contributed by atoms with Gasteiger partial charge in [0.2, 0.25) is 0 Å². The van der Waals surface area contributed by atoms with Crippen molar-refractivity contribution in [2.24, 2.45) is 0 Å². The number of hydrogen-bond acceptors (Lipinski definition) is 4. The fourth-order valence-corrected chi connectivity index (χ4v) is 2.90. The van der Waals surface area contributed by atoms with E-state index in [9.17, 15) is 4.39 Å². The Morgan fingerprint density at radius 1 is 1.16 bits per heavy atom. The van der Waals surface area contributed by atoms with E-state index in [1.807, 2.05) is 24.3 Å². The molecule has 1 N–H and O–H groups in total. The Morgan fingerprint density at radius 3 is 2.72 bits per heavy atom. The molecule has 134 valence electrons. The lowest BCUT2D eigenvalue weighted by molar-refractivity contribution is 0.0679. The van der Waals surface area contributed by atoms with Crippen molar-refractivity contribution in [1.29, 1.82) is 0 Å². The van der Waals surface area contributed by atoms with Crippen LogP contribution < -0.4 is 14.8 Å². The van der Waals surface area contributed by atoms with Gasteiger partial charge in [-0.1, -0.05) is 12.1 Å². The van der Waals surface area contributed by atoms with E-state index in [0.717, 1.165) is 36.3 Å². The summed E-state index contributed by atoms with van der Waals surface area (Å²) < 4.78 is 29.9. The minimum Gasteiger partial charge on any atom is -0.496 e. The predicted octanol–water partition coefficient (Wildman–Crippen LogP) is 3.68. The molecule has 0 radical (unpaired) electrons. The van der Waals surface area contributed by atoms with Gasteiger partial charge in [0.15, 0.2) is 0 Å². The fraction of sp³-hybridized carbons (Fsp3) is 0.400. The van der Waals surface area contributed by atoms with Crippen LogP contribution >= 0.6 is 0 Å². The van der Waals surface area contributed by atoms with Gasteiger partial charge >= 0.3 is 0 Å². The van der Waals surface area contributed by atoms with Crippen LogP contribution in [0.3, 0.4) is 0 Å². The molecule has 2 aromatic carbocycles. The molecule has 1 saturated heterocycles. The monoisotopic (exact) mass is 345 g/mol. The van der Waals surface area contributed by atoms with Crippen molar-refractivity contribution < 1.29 is 18.6 Å². The molecule has 1 unspecified atom stereocenters. The Balaban J connectivity index is 1.46. The maximum absolute atomic E-state index is 13.4. The van der Waals surface area contributed by atoms with Crippen LogP contribution in [-0.2, 0) is 17.8 Å². The van der Waals surface area contributed by atoms with E-state index in [0.29, 0.717) is 25.4 Å². The highest BCUT2D eigenvalue weighted by Gasteiger charge is 2.15. The van der Waals surface area contributed by atoms with Crippen LogP contribution in [0.5, 0.6) is 11.5 Å². The minimum absolute atomic E-state index is 0.225. The van der Waals surface area contributed by atoms with Crippen LogP contribution in [0.4, 0.5) is 4.39 Å². The average molecular weight is 345 g/mol. The highest BCUT2D eigenvalue weighted by molar-refractivity contribution is 5.34. The fourth-order valence-electron chi connectivity index (χ4n) is 2.90. The first-order chi connectivity index (χ1) is 12.2. The van der Waals surface area contributed by atoms with E-state index in [2.05, 4.69) is 5.32 Å². The highest BCUT2D eigenvalue weighted by Crippen LogP contribution is 2.20. The van der Waals surface area contributed by atoms with E-state index in [1.165, 1.54) is 12.1 Å². The summed E-state index contributed by atoms with van der Waals surface area (Å²) in [4.78, 5) is 0. The SMILES string of the molecule is COc1ccc(F)cc1CNCc1ccc(OCC2CCCO2)cc1. The summed E-state index contributed by atoms with van der Waals surface area (Å²) in [7, 11) is 1.59. The van der Waals surface area contributed by atoms with Crippen LogP contribution in [-0.4, -0.2) is 26.4 Å². The largest absolute Gasteiger partial charge is 0.496 e. The molecule has 3 rings (SSSR count). The van der Waals surface area contributed by atoms with Crippen LogP contribution in [0, 0.1) is 5.82 Å². The van der Waals surface area contributed by atoms with Crippen LogP contribution in [0.15, 0.2) is 42.5 Å². The first-order valence-electron chi connectivity index (χ1n) is 8.61. The summed E-state index contributed by atoms with van der Waals surface area (Å²) in [5.41, 5.74) is 1.94. The van der Waals surface area contributed by atoms with Gasteiger partial charge in [-0.05, 0) is 48.7 Å². The lowest BCUT2D eigenvalue weighted by atomic mass is 10.1. The number of rotatable bonds is 8. The normalized spacial score (nSPS) is 16.8. The number of benzene rings is 2. The van der Waals surface area contributed by atoms with Crippen LogP contribution in [0.1, 0.15) is 24.0 Å². The molecular weight excluding hydrogens is 321 g/mol. The number of ether oxygens (including phenoxy) is 3. The van der Waals surface area contributed by atoms with Gasteiger partial charge in [0.1, 0.15) is 23.9 Å². The quantitative estimate of drug-likeness (QED) is 0.792. The molecule has 0 spiro atoms. The molecule has 2 aromatic rings. The van der Waals surface area contributed by atoms with Crippen LogP contribution in [0.25, 0.3) is 0 Å². The first kappa shape index (κ1) is 17.7. The molecule has 4 nitrogen and oxygen atoms in total. The smallest absolute Gasteiger partial charge is 0.123 e. The molecule has 0 bridgehead atoms. The van der Waals surface area contributed by atoms with E-state index < -0.39 is 0 Å². The van der Waals surface area contributed by atoms with Crippen molar-refractivity contribution in [1.82, 2.24) is 5.32 Å². The Labute approximate surface area is 147 Å². The van der Waals surface area contributed by atoms with E-state index >= 15 is 0 Å². The van der Waals surface area contributed by atoms with Gasteiger partial charge in [-0.3, -0.25) is 0 Å². The molecular formula is C20H24FNO3. The lowest BCUT2D eigenvalue weighted by Crippen LogP contribution is -2.16. The molecule has 0 aromatic heterocycles. The van der Waals surface area contributed by atoms with Crippen molar-refractivity contribution in [3.8, 4) is 11.5 Å².